The Hall–Kier alpha value is -3.39. The van der Waals surface area contributed by atoms with Gasteiger partial charge in [-0.3, -0.25) is 0 Å². The van der Waals surface area contributed by atoms with E-state index in [2.05, 4.69) is 35.9 Å². The number of benzene rings is 2. The number of hydrogen-bond donors (Lipinski definition) is 1. The van der Waals surface area contributed by atoms with Crippen LogP contribution in [0.5, 0.6) is 0 Å². The molecule has 1 atom stereocenters. The summed E-state index contributed by atoms with van der Waals surface area (Å²) in [7, 11) is 0. The van der Waals surface area contributed by atoms with Gasteiger partial charge in [-0.25, -0.2) is 13.9 Å². The van der Waals surface area contributed by atoms with Gasteiger partial charge in [-0.1, -0.05) is 37.6 Å². The van der Waals surface area contributed by atoms with E-state index >= 15 is 0 Å². The first-order valence-corrected chi connectivity index (χ1v) is 13.3. The summed E-state index contributed by atoms with van der Waals surface area (Å²) >= 11 is 0. The molecule has 7 nitrogen and oxygen atoms in total. The second-order valence-corrected chi connectivity index (χ2v) is 9.88. The lowest BCUT2D eigenvalue weighted by molar-refractivity contribution is 0.187. The zero-order valence-corrected chi connectivity index (χ0v) is 22.7. The monoisotopic (exact) mass is 506 g/mol. The van der Waals surface area contributed by atoms with Crippen molar-refractivity contribution in [2.45, 2.75) is 53.6 Å². The molecule has 1 fully saturated rings. The van der Waals surface area contributed by atoms with E-state index in [4.69, 9.17) is 5.10 Å². The molecular formula is C29H39FN6O. The number of carbonyl (C=O) groups excluding carboxylic acids is 1. The maximum absolute atomic E-state index is 14.2. The number of aryl methyl sites for hydroxylation is 2. The SMILES string of the molecule is CC[C@H](C)N(Cc1c(C)nn(-c2cccc(F)c2)c1N1CCN(CC)CC1)C(=O)Nc1ccc(C)cc1. The Morgan fingerprint density at radius 3 is 2.41 bits per heavy atom. The third kappa shape index (κ3) is 6.13. The zero-order chi connectivity index (χ0) is 26.5. The molecule has 1 saturated heterocycles. The molecule has 1 N–H and O–H groups in total. The predicted octanol–water partition coefficient (Wildman–Crippen LogP) is 5.60. The van der Waals surface area contributed by atoms with Gasteiger partial charge in [0.25, 0.3) is 0 Å². The second-order valence-electron chi connectivity index (χ2n) is 9.88. The first-order chi connectivity index (χ1) is 17.8. The van der Waals surface area contributed by atoms with E-state index in [1.54, 1.807) is 6.07 Å². The fraction of sp³-hybridized carbons (Fsp3) is 0.448. The highest BCUT2D eigenvalue weighted by molar-refractivity contribution is 5.89. The van der Waals surface area contributed by atoms with Crippen molar-refractivity contribution in [3.8, 4) is 5.69 Å². The van der Waals surface area contributed by atoms with Gasteiger partial charge >= 0.3 is 6.03 Å². The Morgan fingerprint density at radius 1 is 1.08 bits per heavy atom. The van der Waals surface area contributed by atoms with Crippen molar-refractivity contribution in [3.05, 3.63) is 71.2 Å². The fourth-order valence-electron chi connectivity index (χ4n) is 4.77. The number of piperazine rings is 1. The lowest BCUT2D eigenvalue weighted by atomic mass is 10.1. The number of anilines is 2. The maximum Gasteiger partial charge on any atom is 0.322 e. The van der Waals surface area contributed by atoms with Crippen molar-refractivity contribution in [2.24, 2.45) is 0 Å². The van der Waals surface area contributed by atoms with E-state index in [9.17, 15) is 9.18 Å². The summed E-state index contributed by atoms with van der Waals surface area (Å²) in [6.07, 6.45) is 0.822. The fourth-order valence-corrected chi connectivity index (χ4v) is 4.77. The predicted molar refractivity (Wildman–Crippen MR) is 148 cm³/mol. The van der Waals surface area contributed by atoms with E-state index in [0.29, 0.717) is 12.2 Å². The Labute approximate surface area is 219 Å². The summed E-state index contributed by atoms with van der Waals surface area (Å²) in [4.78, 5) is 20.2. The van der Waals surface area contributed by atoms with Crippen LogP contribution >= 0.6 is 0 Å². The number of nitrogens with one attached hydrogen (secondary N) is 1. The molecule has 8 heteroatoms. The van der Waals surface area contributed by atoms with E-state index in [1.165, 1.54) is 12.1 Å². The van der Waals surface area contributed by atoms with E-state index in [0.717, 1.165) is 67.5 Å². The van der Waals surface area contributed by atoms with Crippen molar-refractivity contribution in [1.29, 1.82) is 0 Å². The molecule has 3 aromatic rings. The third-order valence-electron chi connectivity index (χ3n) is 7.34. The molecule has 2 amide bonds. The van der Waals surface area contributed by atoms with Crippen molar-refractivity contribution in [3.63, 3.8) is 0 Å². The second kappa shape index (κ2) is 11.8. The quantitative estimate of drug-likeness (QED) is 0.432. The van der Waals surface area contributed by atoms with Crippen molar-refractivity contribution < 1.29 is 9.18 Å². The van der Waals surface area contributed by atoms with Crippen LogP contribution in [-0.2, 0) is 6.54 Å². The maximum atomic E-state index is 14.2. The Bertz CT molecular complexity index is 1200. The number of urea groups is 1. The third-order valence-corrected chi connectivity index (χ3v) is 7.34. The average molecular weight is 507 g/mol. The van der Waals surface area contributed by atoms with E-state index in [1.807, 2.05) is 53.8 Å². The van der Waals surface area contributed by atoms with Crippen molar-refractivity contribution in [2.75, 3.05) is 42.9 Å². The average Bonchev–Trinajstić information content (AvgIpc) is 3.23. The standard InChI is InChI=1S/C29H39FN6O/c1-6-22(4)35(29(37)31-25-13-11-21(3)12-14-25)20-27-23(5)32-36(26-10-8-9-24(30)19-26)28(27)34-17-15-33(7-2)16-18-34/h8-14,19,22H,6-7,15-18,20H2,1-5H3,(H,31,37)/t22-/m0/s1. The lowest BCUT2D eigenvalue weighted by Gasteiger charge is -2.37. The molecule has 0 spiro atoms. The summed E-state index contributed by atoms with van der Waals surface area (Å²) < 4.78 is 16.1. The molecule has 4 rings (SSSR count). The normalized spacial score (nSPS) is 15.0. The molecule has 1 aromatic heterocycles. The minimum Gasteiger partial charge on any atom is -0.354 e. The topological polar surface area (TPSA) is 56.6 Å². The molecule has 0 unspecified atom stereocenters. The van der Waals surface area contributed by atoms with E-state index in [-0.39, 0.29) is 17.9 Å². The van der Waals surface area contributed by atoms with Crippen LogP contribution in [0.1, 0.15) is 44.0 Å². The lowest BCUT2D eigenvalue weighted by Crippen LogP contribution is -2.47. The van der Waals surface area contributed by atoms with Gasteiger partial charge in [0.05, 0.1) is 17.9 Å². The summed E-state index contributed by atoms with van der Waals surface area (Å²) in [5.74, 6) is 0.642. The van der Waals surface area contributed by atoms with Crippen LogP contribution in [0, 0.1) is 19.7 Å². The Morgan fingerprint density at radius 2 is 1.78 bits per heavy atom. The van der Waals surface area contributed by atoms with Crippen LogP contribution in [0.25, 0.3) is 5.69 Å². The number of aromatic nitrogens is 2. The minimum absolute atomic E-state index is 0.0205. The van der Waals surface area contributed by atoms with Gasteiger partial charge in [-0.15, -0.1) is 0 Å². The summed E-state index contributed by atoms with van der Waals surface area (Å²) in [6, 6.07) is 14.3. The number of nitrogens with zero attached hydrogens (tertiary/aromatic N) is 5. The molecule has 0 bridgehead atoms. The molecule has 0 radical (unpaired) electrons. The van der Waals surface area contributed by atoms with E-state index < -0.39 is 0 Å². The summed E-state index contributed by atoms with van der Waals surface area (Å²) in [5, 5.41) is 7.94. The molecule has 0 aliphatic carbocycles. The zero-order valence-electron chi connectivity index (χ0n) is 22.7. The number of hydrogen-bond acceptors (Lipinski definition) is 4. The van der Waals surface area contributed by atoms with Crippen LogP contribution in [0.15, 0.2) is 48.5 Å². The molecule has 0 saturated carbocycles. The minimum atomic E-state index is -0.298. The van der Waals surface area contributed by atoms with Crippen LogP contribution in [0.4, 0.5) is 20.7 Å². The van der Waals surface area contributed by atoms with Gasteiger partial charge in [0, 0.05) is 43.5 Å². The number of likely N-dealkylation sites (N-methyl/N-ethyl adjacent to an activating group) is 1. The van der Waals surface area contributed by atoms with Gasteiger partial charge in [-0.05, 0) is 64.1 Å². The highest BCUT2D eigenvalue weighted by Gasteiger charge is 2.29. The first-order valence-electron chi connectivity index (χ1n) is 13.3. The molecule has 198 valence electrons. The summed E-state index contributed by atoms with van der Waals surface area (Å²) in [6.45, 7) is 15.4. The Kier molecular flexibility index (Phi) is 8.48. The number of carbonyl (C=O) groups is 1. The van der Waals surface area contributed by atoms with Gasteiger partial charge in [0.2, 0.25) is 0 Å². The number of amides is 2. The van der Waals surface area contributed by atoms with Crippen LogP contribution < -0.4 is 10.2 Å². The Balaban J connectivity index is 1.71. The number of halogens is 1. The molecule has 2 heterocycles. The molecule has 1 aliphatic rings. The summed E-state index contributed by atoms with van der Waals surface area (Å²) in [5.41, 5.74) is 4.43. The highest BCUT2D eigenvalue weighted by Crippen LogP contribution is 2.31. The van der Waals surface area contributed by atoms with Gasteiger partial charge < -0.3 is 20.0 Å². The van der Waals surface area contributed by atoms with Crippen molar-refractivity contribution >= 4 is 17.5 Å². The molecular weight excluding hydrogens is 467 g/mol. The highest BCUT2D eigenvalue weighted by atomic mass is 19.1. The van der Waals surface area contributed by atoms with Gasteiger partial charge in [0.15, 0.2) is 0 Å². The molecule has 1 aliphatic heterocycles. The number of rotatable bonds is 8. The van der Waals surface area contributed by atoms with Gasteiger partial charge in [-0.2, -0.15) is 5.10 Å². The van der Waals surface area contributed by atoms with Crippen LogP contribution in [0.3, 0.4) is 0 Å². The van der Waals surface area contributed by atoms with Crippen LogP contribution in [0.2, 0.25) is 0 Å². The van der Waals surface area contributed by atoms with Crippen molar-refractivity contribution in [1.82, 2.24) is 19.6 Å². The largest absolute Gasteiger partial charge is 0.354 e. The smallest absolute Gasteiger partial charge is 0.322 e. The molecule has 2 aromatic carbocycles. The molecule has 37 heavy (non-hydrogen) atoms. The first kappa shape index (κ1) is 26.7. The van der Waals surface area contributed by atoms with Gasteiger partial charge in [0.1, 0.15) is 11.6 Å². The van der Waals surface area contributed by atoms with Crippen LogP contribution in [-0.4, -0.2) is 64.4 Å².